The Morgan fingerprint density at radius 2 is 2.12 bits per heavy atom. The van der Waals surface area contributed by atoms with Gasteiger partial charge in [-0.2, -0.15) is 9.97 Å². The lowest BCUT2D eigenvalue weighted by molar-refractivity contribution is -0.106. The van der Waals surface area contributed by atoms with Crippen LogP contribution in [0.1, 0.15) is 46.8 Å². The largest absolute Gasteiger partial charge is 0.476 e. The molecule has 26 heavy (non-hydrogen) atoms. The van der Waals surface area contributed by atoms with E-state index in [1.165, 1.54) is 6.92 Å². The van der Waals surface area contributed by atoms with Crippen LogP contribution in [0.3, 0.4) is 0 Å². The van der Waals surface area contributed by atoms with Gasteiger partial charge >= 0.3 is 0 Å². The van der Waals surface area contributed by atoms with Crippen LogP contribution in [0.5, 0.6) is 5.88 Å². The number of imidazole rings is 1. The first kappa shape index (κ1) is 21.8. The number of nitrogens with zero attached hydrogens (tertiary/aromatic N) is 4. The summed E-state index contributed by atoms with van der Waals surface area (Å²) >= 11 is 0. The van der Waals surface area contributed by atoms with Crippen LogP contribution in [0.25, 0.3) is 11.2 Å². The van der Waals surface area contributed by atoms with Crippen LogP contribution in [-0.4, -0.2) is 57.3 Å². The van der Waals surface area contributed by atoms with Gasteiger partial charge in [0.2, 0.25) is 11.8 Å². The molecule has 1 aliphatic rings. The van der Waals surface area contributed by atoms with Crippen molar-refractivity contribution in [3.8, 4) is 5.88 Å². The first-order valence-corrected chi connectivity index (χ1v) is 8.89. The van der Waals surface area contributed by atoms with Crippen LogP contribution in [0.15, 0.2) is 6.33 Å². The van der Waals surface area contributed by atoms with E-state index < -0.39 is 0 Å². The summed E-state index contributed by atoms with van der Waals surface area (Å²) in [5.41, 5.74) is 1.29. The van der Waals surface area contributed by atoms with E-state index in [0.29, 0.717) is 29.6 Å². The molecule has 9 heteroatoms. The molecule has 146 valence electrons. The van der Waals surface area contributed by atoms with Crippen molar-refractivity contribution in [2.45, 2.75) is 52.9 Å². The van der Waals surface area contributed by atoms with E-state index in [0.717, 1.165) is 19.1 Å². The summed E-state index contributed by atoms with van der Waals surface area (Å²) in [6.45, 7) is 7.88. The van der Waals surface area contributed by atoms with Crippen LogP contribution in [0, 0.1) is 0 Å². The topological polar surface area (TPSA) is 111 Å². The second kappa shape index (κ2) is 11.4. The molecule has 0 saturated carbocycles. The minimum Gasteiger partial charge on any atom is -0.476 e. The zero-order valence-electron chi connectivity index (χ0n) is 16.1. The number of hydrogen-bond acceptors (Lipinski definition) is 8. The quantitative estimate of drug-likeness (QED) is 0.774. The van der Waals surface area contributed by atoms with Crippen molar-refractivity contribution in [1.82, 2.24) is 19.5 Å². The Balaban J connectivity index is 0.000000615. The van der Waals surface area contributed by atoms with Crippen LogP contribution >= 0.6 is 0 Å². The van der Waals surface area contributed by atoms with E-state index in [9.17, 15) is 5.11 Å². The summed E-state index contributed by atoms with van der Waals surface area (Å²) in [5.74, 6) is 0.937. The van der Waals surface area contributed by atoms with Crippen molar-refractivity contribution in [1.29, 1.82) is 0 Å². The van der Waals surface area contributed by atoms with Gasteiger partial charge in [-0.05, 0) is 26.7 Å². The number of aromatic nitrogens is 4. The van der Waals surface area contributed by atoms with Gasteiger partial charge in [-0.3, -0.25) is 4.57 Å². The monoisotopic (exact) mass is 367 g/mol. The highest BCUT2D eigenvalue weighted by molar-refractivity contribution is 5.77. The highest BCUT2D eigenvalue weighted by Crippen LogP contribution is 2.32. The molecular formula is C17H29N5O4. The average Bonchev–Trinajstić information content (AvgIpc) is 3.30. The number of ether oxygens (including phenoxy) is 2. The molecule has 3 rings (SSSR count). The second-order valence-electron chi connectivity index (χ2n) is 5.07. The molecular weight excluding hydrogens is 338 g/mol. The standard InChI is InChI=1S/C13H19N5O3.C2H4O.C2H6/c1-3-20-12-10-11(16-13(14-2)17-12)18(7-15-10)9-5-4-8(6-19)21-9;1-2-3;1-2/h7-9,19H,3-6H2,1-2H3,(H,14,16,17);2H,1H3;1-2H3. The van der Waals surface area contributed by atoms with Gasteiger partial charge in [0.15, 0.2) is 11.2 Å². The summed E-state index contributed by atoms with van der Waals surface area (Å²) in [6, 6.07) is 0. The summed E-state index contributed by atoms with van der Waals surface area (Å²) in [5, 5.41) is 12.1. The number of aliphatic hydroxyl groups excluding tert-OH is 1. The Bertz CT molecular complexity index is 676. The van der Waals surface area contributed by atoms with E-state index in [-0.39, 0.29) is 18.9 Å². The van der Waals surface area contributed by atoms with Crippen LogP contribution in [0.2, 0.25) is 0 Å². The van der Waals surface area contributed by atoms with E-state index in [2.05, 4.69) is 20.3 Å². The summed E-state index contributed by atoms with van der Waals surface area (Å²) < 4.78 is 13.2. The fourth-order valence-electron chi connectivity index (χ4n) is 2.48. The molecule has 9 nitrogen and oxygen atoms in total. The summed E-state index contributed by atoms with van der Waals surface area (Å²) in [7, 11) is 1.76. The Morgan fingerprint density at radius 3 is 2.65 bits per heavy atom. The Kier molecular flexibility index (Phi) is 9.53. The Labute approximate surface area is 153 Å². The molecule has 0 amide bonds. The number of carbonyl (C=O) groups is 1. The fraction of sp³-hybridized carbons (Fsp3) is 0.647. The predicted molar refractivity (Wildman–Crippen MR) is 99.4 cm³/mol. The molecule has 0 spiro atoms. The molecule has 0 bridgehead atoms. The lowest BCUT2D eigenvalue weighted by atomic mass is 10.2. The molecule has 2 atom stereocenters. The maximum Gasteiger partial charge on any atom is 0.247 e. The zero-order chi connectivity index (χ0) is 19.5. The number of fused-ring (bicyclic) bond motifs is 1. The fourth-order valence-corrected chi connectivity index (χ4v) is 2.48. The van der Waals surface area contributed by atoms with Crippen molar-refractivity contribution in [2.24, 2.45) is 0 Å². The Hall–Kier alpha value is -2.26. The molecule has 3 heterocycles. The number of aliphatic hydroxyl groups is 1. The minimum absolute atomic E-state index is 0.0318. The molecule has 1 fully saturated rings. The Morgan fingerprint density at radius 1 is 1.42 bits per heavy atom. The highest BCUT2D eigenvalue weighted by atomic mass is 16.5. The normalized spacial score (nSPS) is 18.4. The third-order valence-corrected chi connectivity index (χ3v) is 3.49. The predicted octanol–water partition coefficient (Wildman–Crippen LogP) is 2.17. The first-order valence-electron chi connectivity index (χ1n) is 8.89. The molecule has 0 aliphatic carbocycles. The van der Waals surface area contributed by atoms with E-state index >= 15 is 0 Å². The third-order valence-electron chi connectivity index (χ3n) is 3.49. The van der Waals surface area contributed by atoms with Crippen molar-refractivity contribution in [3.63, 3.8) is 0 Å². The van der Waals surface area contributed by atoms with E-state index in [1.807, 2.05) is 25.3 Å². The smallest absolute Gasteiger partial charge is 0.247 e. The highest BCUT2D eigenvalue weighted by Gasteiger charge is 2.28. The van der Waals surface area contributed by atoms with Gasteiger partial charge < -0.3 is 24.7 Å². The zero-order valence-corrected chi connectivity index (χ0v) is 16.1. The van der Waals surface area contributed by atoms with Crippen molar-refractivity contribution in [2.75, 3.05) is 25.6 Å². The molecule has 2 N–H and O–H groups in total. The molecule has 2 aromatic rings. The number of rotatable bonds is 5. The number of anilines is 1. The van der Waals surface area contributed by atoms with Gasteiger partial charge in [-0.1, -0.05) is 13.8 Å². The van der Waals surface area contributed by atoms with Crippen LogP contribution in [0.4, 0.5) is 5.95 Å². The average molecular weight is 367 g/mol. The first-order chi connectivity index (χ1) is 12.7. The van der Waals surface area contributed by atoms with E-state index in [1.54, 1.807) is 13.4 Å². The lowest BCUT2D eigenvalue weighted by Gasteiger charge is -2.14. The van der Waals surface area contributed by atoms with Gasteiger partial charge in [0, 0.05) is 7.05 Å². The third kappa shape index (κ3) is 5.12. The number of carbonyl (C=O) groups excluding carboxylic acids is 1. The molecule has 2 unspecified atom stereocenters. The van der Waals surface area contributed by atoms with Crippen LogP contribution in [-0.2, 0) is 9.53 Å². The molecule has 0 aromatic carbocycles. The SMILES string of the molecule is CC.CC=O.CCOc1nc(NC)nc2c1ncn2C1CCC(CO)O1. The molecule has 1 aliphatic heterocycles. The summed E-state index contributed by atoms with van der Waals surface area (Å²) in [6.07, 6.45) is 3.79. The maximum absolute atomic E-state index is 9.19. The van der Waals surface area contributed by atoms with Gasteiger partial charge in [0.05, 0.1) is 25.6 Å². The second-order valence-corrected chi connectivity index (χ2v) is 5.07. The van der Waals surface area contributed by atoms with Crippen LogP contribution < -0.4 is 10.1 Å². The summed E-state index contributed by atoms with van der Waals surface area (Å²) in [4.78, 5) is 21.9. The number of nitrogens with one attached hydrogen (secondary N) is 1. The van der Waals surface area contributed by atoms with Crippen molar-refractivity contribution < 1.29 is 19.4 Å². The van der Waals surface area contributed by atoms with E-state index in [4.69, 9.17) is 14.3 Å². The number of aldehydes is 1. The number of hydrogen-bond donors (Lipinski definition) is 2. The van der Waals surface area contributed by atoms with Crippen molar-refractivity contribution >= 4 is 23.4 Å². The van der Waals surface area contributed by atoms with Crippen molar-refractivity contribution in [3.05, 3.63) is 6.33 Å². The van der Waals surface area contributed by atoms with Gasteiger partial charge in [-0.25, -0.2) is 4.98 Å². The molecule has 2 aromatic heterocycles. The van der Waals surface area contributed by atoms with Gasteiger partial charge in [-0.15, -0.1) is 0 Å². The molecule has 1 saturated heterocycles. The lowest BCUT2D eigenvalue weighted by Crippen LogP contribution is -2.14. The van der Waals surface area contributed by atoms with Gasteiger partial charge in [0.1, 0.15) is 12.5 Å². The van der Waals surface area contributed by atoms with Gasteiger partial charge in [0.25, 0.3) is 0 Å². The maximum atomic E-state index is 9.19. The minimum atomic E-state index is -0.166. The molecule has 0 radical (unpaired) electrons.